The normalized spacial score (nSPS) is 9.77. The van der Waals surface area contributed by atoms with Crippen LogP contribution >= 0.6 is 0 Å². The molecule has 0 aliphatic rings. The van der Waals surface area contributed by atoms with Crippen molar-refractivity contribution < 1.29 is 34.2 Å². The number of hydroxylamine groups is 1. The van der Waals surface area contributed by atoms with E-state index in [4.69, 9.17) is 9.94 Å². The van der Waals surface area contributed by atoms with Gasteiger partial charge in [-0.1, -0.05) is 13.3 Å². The third-order valence-corrected chi connectivity index (χ3v) is 1.60. The fourth-order valence-electron chi connectivity index (χ4n) is 0.901. The van der Waals surface area contributed by atoms with Gasteiger partial charge >= 0.3 is 0 Å². The maximum atomic E-state index is 10.3. The minimum absolute atomic E-state index is 0. The van der Waals surface area contributed by atoms with Crippen molar-refractivity contribution in [2.75, 3.05) is 13.7 Å². The van der Waals surface area contributed by atoms with Gasteiger partial charge in [-0.2, -0.15) is 12.8 Å². The molecule has 0 aliphatic heterocycles. The molecule has 0 saturated carbocycles. The molecule has 0 atom stereocenters. The largest absolute Gasteiger partial charge is 0.483 e. The minimum atomic E-state index is -0.767. The summed E-state index contributed by atoms with van der Waals surface area (Å²) in [7, 11) is 1.68. The zero-order chi connectivity index (χ0) is 9.40. The third kappa shape index (κ3) is 9.93. The molecule has 0 aromatic carbocycles. The molecule has 0 bridgehead atoms. The predicted molar refractivity (Wildman–Crippen MR) is 45.4 cm³/mol. The number of hydrogen-bond donors (Lipinski definition) is 2. The first-order chi connectivity index (χ1) is 5.70. The fraction of sp³-hybridized carbons (Fsp3) is 0.750. The van der Waals surface area contributed by atoms with E-state index in [1.807, 2.05) is 6.92 Å². The van der Waals surface area contributed by atoms with E-state index in [9.17, 15) is 4.79 Å². The van der Waals surface area contributed by atoms with Gasteiger partial charge in [-0.05, 0) is 0 Å². The number of rotatable bonds is 7. The smallest absolute Gasteiger partial charge is 0.273 e. The number of carbonyl (C=O) groups is 1. The Labute approximate surface area is 91.8 Å². The van der Waals surface area contributed by atoms with Crippen LogP contribution in [0.15, 0.2) is 0 Å². The summed E-state index contributed by atoms with van der Waals surface area (Å²) in [6.45, 7) is 2.49. The zero-order valence-corrected chi connectivity index (χ0v) is 11.3. The Hall–Kier alpha value is 0.0134. The van der Waals surface area contributed by atoms with Gasteiger partial charge in [-0.3, -0.25) is 4.79 Å². The van der Waals surface area contributed by atoms with E-state index >= 15 is 0 Å². The number of aliphatic carboxylic acids is 1. The summed E-state index contributed by atoms with van der Waals surface area (Å²) in [6.07, 6.45) is 1.67. The van der Waals surface area contributed by atoms with E-state index in [-0.39, 0.29) is 25.9 Å². The van der Waals surface area contributed by atoms with E-state index in [1.165, 1.54) is 0 Å². The van der Waals surface area contributed by atoms with Crippen molar-refractivity contribution in [3.63, 3.8) is 0 Å². The summed E-state index contributed by atoms with van der Waals surface area (Å²) < 4.78 is 0. The van der Waals surface area contributed by atoms with E-state index in [2.05, 4.69) is 5.48 Å². The zero-order valence-electron chi connectivity index (χ0n) is 8.30. The molecule has 0 heterocycles. The van der Waals surface area contributed by atoms with Crippen molar-refractivity contribution in [2.45, 2.75) is 26.2 Å². The summed E-state index contributed by atoms with van der Waals surface area (Å²) >= 11 is 0. The Morgan fingerprint density at radius 2 is 2.23 bits per heavy atom. The second kappa shape index (κ2) is 10.1. The van der Waals surface area contributed by atoms with Crippen LogP contribution in [0.25, 0.3) is 0 Å². The number of nitrogens with one attached hydrogen (secondary N) is 1. The van der Waals surface area contributed by atoms with Crippen LogP contribution in [0.1, 0.15) is 26.2 Å². The monoisotopic (exact) mass is 238 g/mol. The van der Waals surface area contributed by atoms with E-state index in [1.54, 1.807) is 7.05 Å². The maximum absolute atomic E-state index is 10.3. The van der Waals surface area contributed by atoms with Gasteiger partial charge in [0, 0.05) is 33.1 Å². The molecule has 0 aliphatic carbocycles. The Balaban J connectivity index is 0. The molecule has 0 spiro atoms. The second-order valence-electron chi connectivity index (χ2n) is 2.48. The molecule has 0 amide bonds. The number of carboxylic acid groups (broad SMARTS) is 1. The van der Waals surface area contributed by atoms with Crippen molar-refractivity contribution in [1.82, 2.24) is 5.48 Å². The Morgan fingerprint density at radius 3 is 2.62 bits per heavy atom. The molecule has 0 rings (SSSR count). The van der Waals surface area contributed by atoms with Gasteiger partial charge in [0.1, 0.15) is 0 Å². The van der Waals surface area contributed by atoms with E-state index < -0.39 is 5.97 Å². The van der Waals surface area contributed by atoms with Crippen LogP contribution in [0.3, 0.4) is 0 Å². The van der Waals surface area contributed by atoms with Crippen molar-refractivity contribution in [2.24, 2.45) is 0 Å². The van der Waals surface area contributed by atoms with Crippen LogP contribution < -0.4 is 5.48 Å². The molecule has 0 saturated heterocycles. The molecule has 13 heavy (non-hydrogen) atoms. The molecule has 0 fully saturated rings. The first-order valence-corrected chi connectivity index (χ1v) is 4.04. The Morgan fingerprint density at radius 1 is 1.62 bits per heavy atom. The molecule has 4 nitrogen and oxygen atoms in total. The van der Waals surface area contributed by atoms with Gasteiger partial charge in [0.2, 0.25) is 0 Å². The van der Waals surface area contributed by atoms with Crippen molar-refractivity contribution >= 4 is 5.97 Å². The van der Waals surface area contributed by atoms with Crippen molar-refractivity contribution in [1.29, 1.82) is 0 Å². The van der Waals surface area contributed by atoms with Crippen molar-refractivity contribution in [3.8, 4) is 0 Å². The molecule has 74 valence electrons. The molecule has 2 N–H and O–H groups in total. The van der Waals surface area contributed by atoms with Crippen molar-refractivity contribution in [3.05, 3.63) is 5.92 Å². The van der Waals surface area contributed by atoms with Crippen LogP contribution in [-0.4, -0.2) is 24.7 Å². The molecule has 0 aromatic heterocycles. The summed E-state index contributed by atoms with van der Waals surface area (Å²) in [5.74, 6) is 0.244. The van der Waals surface area contributed by atoms with Gasteiger partial charge in [0.05, 0.1) is 0 Å². The van der Waals surface area contributed by atoms with Crippen LogP contribution in [0.2, 0.25) is 0 Å². The molecular formula is C8H16NO3Zn-. The average Bonchev–Trinajstić information content (AvgIpc) is 2.02. The fourth-order valence-corrected chi connectivity index (χ4v) is 0.901. The molecule has 0 unspecified atom stereocenters. The van der Waals surface area contributed by atoms with Gasteiger partial charge in [-0.25, -0.2) is 5.48 Å². The summed E-state index contributed by atoms with van der Waals surface area (Å²) in [6, 6.07) is 0. The summed E-state index contributed by atoms with van der Waals surface area (Å²) in [5, 5.41) is 8.49. The maximum Gasteiger partial charge on any atom is 0.273 e. The minimum Gasteiger partial charge on any atom is -0.483 e. The SMILES string of the molecule is CC[C-](CCONC)CC(=O)O.[Zn]. The van der Waals surface area contributed by atoms with Gasteiger partial charge < -0.3 is 15.9 Å². The van der Waals surface area contributed by atoms with Crippen LogP contribution in [0.5, 0.6) is 0 Å². The summed E-state index contributed by atoms with van der Waals surface area (Å²) in [4.78, 5) is 15.2. The number of hydrogen-bond acceptors (Lipinski definition) is 3. The summed E-state index contributed by atoms with van der Waals surface area (Å²) in [5.41, 5.74) is 2.54. The van der Waals surface area contributed by atoms with Gasteiger partial charge in [-0.15, -0.1) is 0 Å². The van der Waals surface area contributed by atoms with Crippen LogP contribution in [0.4, 0.5) is 0 Å². The topological polar surface area (TPSA) is 58.6 Å². The van der Waals surface area contributed by atoms with Crippen LogP contribution in [-0.2, 0) is 29.1 Å². The third-order valence-electron chi connectivity index (χ3n) is 1.60. The van der Waals surface area contributed by atoms with Gasteiger partial charge in [0.15, 0.2) is 0 Å². The van der Waals surface area contributed by atoms with E-state index in [0.29, 0.717) is 13.0 Å². The Kier molecular flexibility index (Phi) is 12.0. The predicted octanol–water partition coefficient (Wildman–Crippen LogP) is 0.984. The van der Waals surface area contributed by atoms with Crippen LogP contribution in [0, 0.1) is 5.92 Å². The van der Waals surface area contributed by atoms with Gasteiger partial charge in [0.25, 0.3) is 5.97 Å². The second-order valence-corrected chi connectivity index (χ2v) is 2.48. The average molecular weight is 240 g/mol. The first kappa shape index (κ1) is 15.5. The molecule has 0 aromatic rings. The Bertz CT molecular complexity index is 133. The molecule has 5 heteroatoms. The standard InChI is InChI=1S/C8H16NO3.Zn/c1-3-7(6-8(10)11)4-5-12-9-2;/h9H,3-6H2,1-2H3,(H,10,11);/q-1;. The quantitative estimate of drug-likeness (QED) is 0.301. The molecule has 0 radical (unpaired) electrons. The van der Waals surface area contributed by atoms with E-state index in [0.717, 1.165) is 12.3 Å². The molecular weight excluding hydrogens is 223 g/mol. The first-order valence-electron chi connectivity index (χ1n) is 4.04. The number of carboxylic acids is 1.